The molecule has 0 aromatic carbocycles. The van der Waals surface area contributed by atoms with Gasteiger partial charge in [0.1, 0.15) is 0 Å². The van der Waals surface area contributed by atoms with E-state index in [1.165, 1.54) is 25.7 Å². The summed E-state index contributed by atoms with van der Waals surface area (Å²) in [7, 11) is 0. The fourth-order valence-corrected chi connectivity index (χ4v) is 10.6. The summed E-state index contributed by atoms with van der Waals surface area (Å²) < 4.78 is 0. The summed E-state index contributed by atoms with van der Waals surface area (Å²) in [6, 6.07) is 0. The Bertz CT molecular complexity index is 807. The van der Waals surface area contributed by atoms with Gasteiger partial charge >= 0.3 is 0 Å². The Morgan fingerprint density at radius 2 is 0.906 bits per heavy atom. The van der Waals surface area contributed by atoms with Gasteiger partial charge in [-0.3, -0.25) is 0 Å². The number of rotatable bonds is 0. The summed E-state index contributed by atoms with van der Waals surface area (Å²) in [6.07, 6.45) is 13.7. The molecule has 4 saturated carbocycles. The summed E-state index contributed by atoms with van der Waals surface area (Å²) in [5, 5.41) is 21.7. The minimum atomic E-state index is -0.180. The van der Waals surface area contributed by atoms with Gasteiger partial charge in [-0.2, -0.15) is 0 Å². The maximum atomic E-state index is 10.9. The Balaban J connectivity index is 1.64. The monoisotopic (exact) mass is 440 g/mol. The molecule has 0 aromatic rings. The van der Waals surface area contributed by atoms with E-state index < -0.39 is 0 Å². The highest BCUT2D eigenvalue weighted by atomic mass is 16.3. The van der Waals surface area contributed by atoms with Gasteiger partial charge in [0, 0.05) is 0 Å². The Morgan fingerprint density at radius 3 is 1.25 bits per heavy atom. The highest BCUT2D eigenvalue weighted by Gasteiger charge is 2.67. The lowest BCUT2D eigenvalue weighted by Gasteiger charge is -2.70. The van der Waals surface area contributed by atoms with Crippen molar-refractivity contribution in [1.82, 2.24) is 0 Å². The van der Waals surface area contributed by atoms with Gasteiger partial charge in [-0.05, 0) is 95.7 Å². The van der Waals surface area contributed by atoms with Crippen molar-refractivity contribution in [2.45, 2.75) is 119 Å². The molecule has 0 bridgehead atoms. The Morgan fingerprint density at radius 1 is 0.562 bits per heavy atom. The third-order valence-electron chi connectivity index (χ3n) is 12.8. The SMILES string of the molecule is CC1(C)[C@@H](O)CC[C@]2(C)C3=CC=C4[C@@]5(C)CC[C@H](O)C(C)(C)[C@@H]5CC[C@@]4(C)[C@]3(C)CC[C@@H]12. The predicted molar refractivity (Wildman–Crippen MR) is 132 cm³/mol. The average Bonchev–Trinajstić information content (AvgIpc) is 2.69. The normalized spacial score (nSPS) is 53.7. The average molecular weight is 441 g/mol. The Hall–Kier alpha value is -0.600. The van der Waals surface area contributed by atoms with Crippen molar-refractivity contribution in [1.29, 1.82) is 0 Å². The summed E-state index contributed by atoms with van der Waals surface area (Å²) >= 11 is 0. The first-order valence-electron chi connectivity index (χ1n) is 13.5. The van der Waals surface area contributed by atoms with E-state index in [1.54, 1.807) is 11.1 Å². The third kappa shape index (κ3) is 2.50. The number of allylic oxidation sites excluding steroid dienone is 4. The van der Waals surface area contributed by atoms with Crippen LogP contribution in [0.15, 0.2) is 23.3 Å². The molecule has 2 heteroatoms. The lowest BCUT2D eigenvalue weighted by atomic mass is 9.35. The number of fused-ring (bicyclic) bond motifs is 7. The first kappa shape index (κ1) is 23.2. The van der Waals surface area contributed by atoms with Crippen molar-refractivity contribution in [2.24, 2.45) is 44.3 Å². The molecule has 0 radical (unpaired) electrons. The molecule has 0 spiro atoms. The molecular formula is C30H48O2. The largest absolute Gasteiger partial charge is 0.393 e. The molecule has 5 aliphatic carbocycles. The summed E-state index contributed by atoms with van der Waals surface area (Å²) in [5.41, 5.74) is 4.07. The second-order valence-electron chi connectivity index (χ2n) is 14.6. The van der Waals surface area contributed by atoms with Gasteiger partial charge in [0.05, 0.1) is 12.2 Å². The molecule has 0 heterocycles. The lowest BCUT2D eigenvalue weighted by molar-refractivity contribution is -0.141. The van der Waals surface area contributed by atoms with Crippen molar-refractivity contribution < 1.29 is 10.2 Å². The Kier molecular flexibility index (Phi) is 4.73. The maximum Gasteiger partial charge on any atom is 0.0594 e. The van der Waals surface area contributed by atoms with Crippen LogP contribution in [0.4, 0.5) is 0 Å². The van der Waals surface area contributed by atoms with E-state index in [4.69, 9.17) is 0 Å². The molecule has 180 valence electrons. The smallest absolute Gasteiger partial charge is 0.0594 e. The van der Waals surface area contributed by atoms with Gasteiger partial charge in [-0.1, -0.05) is 78.7 Å². The van der Waals surface area contributed by atoms with Crippen LogP contribution in [-0.2, 0) is 0 Å². The molecule has 0 unspecified atom stereocenters. The van der Waals surface area contributed by atoms with E-state index in [1.807, 2.05) is 0 Å². The molecule has 0 aromatic heterocycles. The molecule has 5 aliphatic rings. The van der Waals surface area contributed by atoms with E-state index in [0.717, 1.165) is 25.7 Å². The number of aliphatic hydroxyl groups is 2. The first-order chi connectivity index (χ1) is 14.7. The second kappa shape index (κ2) is 6.54. The van der Waals surface area contributed by atoms with E-state index in [2.05, 4.69) is 67.5 Å². The molecule has 4 fully saturated rings. The number of hydrogen-bond donors (Lipinski definition) is 2. The fraction of sp³-hybridized carbons (Fsp3) is 0.867. The number of aliphatic hydroxyl groups excluding tert-OH is 2. The van der Waals surface area contributed by atoms with Gasteiger partial charge in [0.25, 0.3) is 0 Å². The quantitative estimate of drug-likeness (QED) is 0.423. The standard InChI is InChI=1S/C30H48O2/c1-25(2)19-11-17-29(7)21(27(19,5)15-13-23(25)31)9-10-22-28(6)16-14-24(32)26(3,4)20(28)12-18-30(22,29)8/h9-10,19-20,23-24,31-32H,11-18H2,1-8H3/t19-,20-,23-,24-,27-,28-,29+,30+/m0/s1. The molecule has 0 amide bonds. The van der Waals surface area contributed by atoms with Crippen LogP contribution in [0.5, 0.6) is 0 Å². The minimum absolute atomic E-state index is 0.0206. The van der Waals surface area contributed by atoms with Crippen LogP contribution in [-0.4, -0.2) is 22.4 Å². The predicted octanol–water partition coefficient (Wildman–Crippen LogP) is 7.06. The molecule has 0 aliphatic heterocycles. The topological polar surface area (TPSA) is 40.5 Å². The van der Waals surface area contributed by atoms with Crippen molar-refractivity contribution in [3.8, 4) is 0 Å². The minimum Gasteiger partial charge on any atom is -0.393 e. The molecule has 2 nitrogen and oxygen atoms in total. The summed E-state index contributed by atoms with van der Waals surface area (Å²) in [5.74, 6) is 1.10. The van der Waals surface area contributed by atoms with Crippen molar-refractivity contribution in [3.05, 3.63) is 23.3 Å². The van der Waals surface area contributed by atoms with Crippen LogP contribution in [0.1, 0.15) is 107 Å². The molecule has 8 atom stereocenters. The zero-order chi connectivity index (χ0) is 23.5. The van der Waals surface area contributed by atoms with Gasteiger partial charge in [-0.15, -0.1) is 0 Å². The van der Waals surface area contributed by atoms with Crippen LogP contribution in [0.25, 0.3) is 0 Å². The molecule has 0 saturated heterocycles. The van der Waals surface area contributed by atoms with E-state index in [9.17, 15) is 10.2 Å². The number of hydrogen-bond acceptors (Lipinski definition) is 2. The first-order valence-corrected chi connectivity index (χ1v) is 13.5. The van der Waals surface area contributed by atoms with Crippen LogP contribution < -0.4 is 0 Å². The maximum absolute atomic E-state index is 10.9. The highest BCUT2D eigenvalue weighted by Crippen LogP contribution is 2.75. The van der Waals surface area contributed by atoms with Gasteiger partial charge in [0.2, 0.25) is 0 Å². The fourth-order valence-electron chi connectivity index (χ4n) is 10.6. The molecular weight excluding hydrogens is 392 g/mol. The van der Waals surface area contributed by atoms with Crippen LogP contribution >= 0.6 is 0 Å². The highest BCUT2D eigenvalue weighted by molar-refractivity contribution is 5.46. The zero-order valence-electron chi connectivity index (χ0n) is 22.0. The van der Waals surface area contributed by atoms with Crippen LogP contribution in [0, 0.1) is 44.3 Å². The summed E-state index contributed by atoms with van der Waals surface area (Å²) in [6.45, 7) is 19.5. The van der Waals surface area contributed by atoms with Crippen molar-refractivity contribution >= 4 is 0 Å². The van der Waals surface area contributed by atoms with Gasteiger partial charge in [-0.25, -0.2) is 0 Å². The molecule has 32 heavy (non-hydrogen) atoms. The second-order valence-corrected chi connectivity index (χ2v) is 14.6. The van der Waals surface area contributed by atoms with E-state index >= 15 is 0 Å². The van der Waals surface area contributed by atoms with Crippen LogP contribution in [0.2, 0.25) is 0 Å². The Labute approximate surface area is 197 Å². The van der Waals surface area contributed by atoms with Crippen LogP contribution in [0.3, 0.4) is 0 Å². The molecule has 2 N–H and O–H groups in total. The molecule has 5 rings (SSSR count). The van der Waals surface area contributed by atoms with Gasteiger partial charge in [0.15, 0.2) is 0 Å². The lowest BCUT2D eigenvalue weighted by Crippen LogP contribution is -2.62. The van der Waals surface area contributed by atoms with Gasteiger partial charge < -0.3 is 10.2 Å². The zero-order valence-corrected chi connectivity index (χ0v) is 22.0. The third-order valence-corrected chi connectivity index (χ3v) is 12.8. The van der Waals surface area contributed by atoms with E-state index in [0.29, 0.717) is 11.8 Å². The van der Waals surface area contributed by atoms with Crippen molar-refractivity contribution in [2.75, 3.05) is 0 Å². The van der Waals surface area contributed by atoms with Crippen molar-refractivity contribution in [3.63, 3.8) is 0 Å². The summed E-state index contributed by atoms with van der Waals surface area (Å²) in [4.78, 5) is 0. The van der Waals surface area contributed by atoms with E-state index in [-0.39, 0.29) is 44.7 Å².